The fourth-order valence-corrected chi connectivity index (χ4v) is 3.90. The Kier molecular flexibility index (Phi) is 7.24. The fourth-order valence-electron chi connectivity index (χ4n) is 3.90. The number of esters is 1. The number of ether oxygens (including phenoxy) is 2. The molecular formula is C18H32N4O4. The van der Waals surface area contributed by atoms with E-state index < -0.39 is 11.9 Å². The van der Waals surface area contributed by atoms with E-state index in [0.717, 1.165) is 65.3 Å². The summed E-state index contributed by atoms with van der Waals surface area (Å²) in [4.78, 5) is 33.1. The zero-order valence-electron chi connectivity index (χ0n) is 15.9. The minimum absolute atomic E-state index is 0.266. The lowest BCUT2D eigenvalue weighted by atomic mass is 10.0. The predicted octanol–water partition coefficient (Wildman–Crippen LogP) is -0.900. The Bertz CT molecular complexity index is 468. The second-order valence-corrected chi connectivity index (χ2v) is 7.45. The van der Waals surface area contributed by atoms with Gasteiger partial charge in [-0.15, -0.1) is 0 Å². The molecule has 3 aliphatic rings. The van der Waals surface area contributed by atoms with Crippen LogP contribution >= 0.6 is 0 Å². The van der Waals surface area contributed by atoms with Crippen LogP contribution in [0.5, 0.6) is 0 Å². The lowest BCUT2D eigenvalue weighted by molar-refractivity contribution is -0.161. The largest absolute Gasteiger partial charge is 0.457 e. The quantitative estimate of drug-likeness (QED) is 0.471. The minimum atomic E-state index is -0.712. The van der Waals surface area contributed by atoms with Crippen LogP contribution in [0.3, 0.4) is 0 Å². The number of piperidine rings is 1. The van der Waals surface area contributed by atoms with Crippen molar-refractivity contribution in [2.24, 2.45) is 0 Å². The summed E-state index contributed by atoms with van der Waals surface area (Å²) in [5, 5.41) is 0. The van der Waals surface area contributed by atoms with Crippen molar-refractivity contribution in [2.75, 3.05) is 85.8 Å². The van der Waals surface area contributed by atoms with Crippen molar-refractivity contribution in [1.29, 1.82) is 0 Å². The number of carbonyl (C=O) groups excluding carboxylic acids is 2. The number of piperazine rings is 1. The highest BCUT2D eigenvalue weighted by atomic mass is 16.5. The molecule has 8 heteroatoms. The monoisotopic (exact) mass is 368 g/mol. The molecule has 0 bridgehead atoms. The molecule has 3 heterocycles. The van der Waals surface area contributed by atoms with Gasteiger partial charge in [0.25, 0.3) is 0 Å². The standard InChI is InChI=1S/C18H32N4O4/c1-19-6-8-21(9-7-19)16-2-4-22(5-3-16)17(23)18(24)26-15-12-20-10-13-25-14-11-20/h16H,2-15H2,1H3. The first-order valence-electron chi connectivity index (χ1n) is 9.82. The number of nitrogens with zero attached hydrogens (tertiary/aromatic N) is 4. The molecule has 0 atom stereocenters. The maximum atomic E-state index is 12.3. The highest BCUT2D eigenvalue weighted by Crippen LogP contribution is 2.18. The Morgan fingerprint density at radius 2 is 1.62 bits per heavy atom. The Balaban J connectivity index is 1.34. The molecule has 0 aromatic carbocycles. The predicted molar refractivity (Wildman–Crippen MR) is 96.9 cm³/mol. The van der Waals surface area contributed by atoms with E-state index in [1.54, 1.807) is 4.90 Å². The van der Waals surface area contributed by atoms with Crippen LogP contribution in [-0.4, -0.2) is 123 Å². The zero-order chi connectivity index (χ0) is 18.4. The molecule has 26 heavy (non-hydrogen) atoms. The van der Waals surface area contributed by atoms with Gasteiger partial charge in [-0.3, -0.25) is 14.6 Å². The molecule has 0 saturated carbocycles. The molecule has 1 amide bonds. The Hall–Kier alpha value is -1.22. The van der Waals surface area contributed by atoms with Crippen molar-refractivity contribution in [1.82, 2.24) is 19.6 Å². The zero-order valence-corrected chi connectivity index (χ0v) is 15.9. The van der Waals surface area contributed by atoms with Gasteiger partial charge in [-0.2, -0.15) is 0 Å². The first-order valence-corrected chi connectivity index (χ1v) is 9.82. The highest BCUT2D eigenvalue weighted by Gasteiger charge is 2.31. The summed E-state index contributed by atoms with van der Waals surface area (Å²) < 4.78 is 10.5. The molecular weight excluding hydrogens is 336 g/mol. The van der Waals surface area contributed by atoms with E-state index in [1.807, 2.05) is 0 Å². The average molecular weight is 368 g/mol. The number of likely N-dealkylation sites (tertiary alicyclic amines) is 1. The first-order chi connectivity index (χ1) is 12.6. The number of morpholine rings is 1. The lowest BCUT2D eigenvalue weighted by Gasteiger charge is -2.41. The van der Waals surface area contributed by atoms with Crippen molar-refractivity contribution in [3.8, 4) is 0 Å². The smallest absolute Gasteiger partial charge is 0.397 e. The fraction of sp³-hybridized carbons (Fsp3) is 0.889. The van der Waals surface area contributed by atoms with Gasteiger partial charge in [-0.05, 0) is 19.9 Å². The molecule has 148 valence electrons. The van der Waals surface area contributed by atoms with E-state index in [1.165, 1.54) is 0 Å². The van der Waals surface area contributed by atoms with Gasteiger partial charge >= 0.3 is 11.9 Å². The summed E-state index contributed by atoms with van der Waals surface area (Å²) in [6.45, 7) is 9.76. The van der Waals surface area contributed by atoms with Gasteiger partial charge in [-0.25, -0.2) is 4.79 Å². The molecule has 0 N–H and O–H groups in total. The van der Waals surface area contributed by atoms with Crippen LogP contribution in [0.4, 0.5) is 0 Å². The van der Waals surface area contributed by atoms with Crippen molar-refractivity contribution in [3.63, 3.8) is 0 Å². The molecule has 0 aromatic rings. The molecule has 3 fully saturated rings. The van der Waals surface area contributed by atoms with Gasteiger partial charge in [0.15, 0.2) is 0 Å². The molecule has 0 unspecified atom stereocenters. The Morgan fingerprint density at radius 3 is 2.27 bits per heavy atom. The molecule has 0 aromatic heterocycles. The van der Waals surface area contributed by atoms with Gasteiger partial charge in [0, 0.05) is 64.9 Å². The van der Waals surface area contributed by atoms with Crippen LogP contribution in [0.15, 0.2) is 0 Å². The molecule has 3 saturated heterocycles. The van der Waals surface area contributed by atoms with Crippen LogP contribution < -0.4 is 0 Å². The number of hydrogen-bond acceptors (Lipinski definition) is 7. The number of hydrogen-bond donors (Lipinski definition) is 0. The summed E-state index contributed by atoms with van der Waals surface area (Å²) in [6.07, 6.45) is 1.88. The number of carbonyl (C=O) groups is 2. The van der Waals surface area contributed by atoms with E-state index in [4.69, 9.17) is 9.47 Å². The lowest BCUT2D eigenvalue weighted by Crippen LogP contribution is -2.53. The van der Waals surface area contributed by atoms with Gasteiger partial charge < -0.3 is 19.3 Å². The SMILES string of the molecule is CN1CCN(C2CCN(C(=O)C(=O)OCCN3CCOCC3)CC2)CC1. The van der Waals surface area contributed by atoms with E-state index in [0.29, 0.717) is 25.7 Å². The third-order valence-electron chi connectivity index (χ3n) is 5.72. The van der Waals surface area contributed by atoms with Gasteiger partial charge in [0.05, 0.1) is 13.2 Å². The first kappa shape index (κ1) is 19.5. The molecule has 0 radical (unpaired) electrons. The summed E-state index contributed by atoms with van der Waals surface area (Å²) in [5.74, 6) is -1.19. The van der Waals surface area contributed by atoms with Crippen molar-refractivity contribution in [3.05, 3.63) is 0 Å². The average Bonchev–Trinajstić information content (AvgIpc) is 2.69. The molecule has 3 rings (SSSR count). The maximum Gasteiger partial charge on any atom is 0.397 e. The second-order valence-electron chi connectivity index (χ2n) is 7.45. The van der Waals surface area contributed by atoms with Gasteiger partial charge in [0.2, 0.25) is 0 Å². The third-order valence-corrected chi connectivity index (χ3v) is 5.72. The van der Waals surface area contributed by atoms with Gasteiger partial charge in [0.1, 0.15) is 6.61 Å². The number of likely N-dealkylation sites (N-methyl/N-ethyl adjacent to an activating group) is 1. The summed E-state index contributed by atoms with van der Waals surface area (Å²) in [6, 6.07) is 0.532. The Morgan fingerprint density at radius 1 is 0.962 bits per heavy atom. The van der Waals surface area contributed by atoms with Crippen LogP contribution in [0, 0.1) is 0 Å². The number of rotatable bonds is 4. The van der Waals surface area contributed by atoms with Crippen molar-refractivity contribution in [2.45, 2.75) is 18.9 Å². The summed E-state index contributed by atoms with van der Waals surface area (Å²) >= 11 is 0. The maximum absolute atomic E-state index is 12.3. The van der Waals surface area contributed by atoms with E-state index in [9.17, 15) is 9.59 Å². The highest BCUT2D eigenvalue weighted by molar-refractivity contribution is 6.32. The van der Waals surface area contributed by atoms with Crippen LogP contribution in [0.2, 0.25) is 0 Å². The summed E-state index contributed by atoms with van der Waals surface area (Å²) in [7, 11) is 2.16. The van der Waals surface area contributed by atoms with Gasteiger partial charge in [-0.1, -0.05) is 0 Å². The topological polar surface area (TPSA) is 65.6 Å². The van der Waals surface area contributed by atoms with Crippen LogP contribution in [0.1, 0.15) is 12.8 Å². The molecule has 8 nitrogen and oxygen atoms in total. The molecule has 0 aliphatic carbocycles. The third kappa shape index (κ3) is 5.39. The summed E-state index contributed by atoms with van der Waals surface area (Å²) in [5.41, 5.74) is 0. The number of amides is 1. The van der Waals surface area contributed by atoms with E-state index in [-0.39, 0.29) is 6.61 Å². The van der Waals surface area contributed by atoms with Crippen LogP contribution in [0.25, 0.3) is 0 Å². The van der Waals surface area contributed by atoms with Crippen molar-refractivity contribution < 1.29 is 19.1 Å². The van der Waals surface area contributed by atoms with E-state index in [2.05, 4.69) is 21.7 Å². The molecule has 0 spiro atoms. The second kappa shape index (κ2) is 9.64. The normalized spacial score (nSPS) is 24.6. The van der Waals surface area contributed by atoms with E-state index >= 15 is 0 Å². The van der Waals surface area contributed by atoms with Crippen molar-refractivity contribution >= 4 is 11.9 Å². The van der Waals surface area contributed by atoms with Crippen LogP contribution in [-0.2, 0) is 19.1 Å². The molecule has 3 aliphatic heterocycles. The minimum Gasteiger partial charge on any atom is -0.457 e. The Labute approximate surface area is 156 Å².